The quantitative estimate of drug-likeness (QED) is 0.847. The van der Waals surface area contributed by atoms with E-state index >= 15 is 0 Å². The van der Waals surface area contributed by atoms with E-state index in [0.717, 1.165) is 16.7 Å². The lowest BCUT2D eigenvalue weighted by Crippen LogP contribution is -1.90. The average Bonchev–Trinajstić information content (AvgIpc) is 2.29. The van der Waals surface area contributed by atoms with E-state index in [1.165, 1.54) is 12.1 Å². The molecule has 3 heteroatoms. The molecule has 0 amide bonds. The van der Waals surface area contributed by atoms with Crippen LogP contribution in [-0.4, -0.2) is 5.11 Å². The van der Waals surface area contributed by atoms with Gasteiger partial charge in [0.15, 0.2) is 0 Å². The SMILES string of the molecule is CC(O)c1ccc(-c2ccc(F)cc2Cl)cc1. The van der Waals surface area contributed by atoms with Gasteiger partial charge in [0.05, 0.1) is 11.1 Å². The van der Waals surface area contributed by atoms with Crippen molar-refractivity contribution in [3.05, 3.63) is 58.9 Å². The first-order valence-corrected chi connectivity index (χ1v) is 5.69. The van der Waals surface area contributed by atoms with E-state index in [4.69, 9.17) is 11.6 Å². The molecule has 0 bridgehead atoms. The Morgan fingerprint density at radius 1 is 1.12 bits per heavy atom. The summed E-state index contributed by atoms with van der Waals surface area (Å²) in [5.74, 6) is -0.348. The first-order chi connectivity index (χ1) is 8.08. The molecule has 1 nitrogen and oxygen atoms in total. The number of aliphatic hydroxyl groups excluding tert-OH is 1. The second-order valence-electron chi connectivity index (χ2n) is 3.92. The average molecular weight is 251 g/mol. The molecule has 0 fully saturated rings. The summed E-state index contributed by atoms with van der Waals surface area (Å²) in [6.45, 7) is 1.71. The fourth-order valence-corrected chi connectivity index (χ4v) is 1.94. The zero-order valence-electron chi connectivity index (χ0n) is 9.32. The number of hydrogen-bond acceptors (Lipinski definition) is 1. The summed E-state index contributed by atoms with van der Waals surface area (Å²) in [6, 6.07) is 11.7. The van der Waals surface area contributed by atoms with Gasteiger partial charge in [-0.05, 0) is 36.2 Å². The minimum atomic E-state index is -0.493. The highest BCUT2D eigenvalue weighted by Crippen LogP contribution is 2.29. The number of aliphatic hydroxyl groups is 1. The van der Waals surface area contributed by atoms with Crippen LogP contribution in [0.2, 0.25) is 5.02 Å². The van der Waals surface area contributed by atoms with Crippen LogP contribution in [0.1, 0.15) is 18.6 Å². The van der Waals surface area contributed by atoms with Crippen molar-refractivity contribution in [2.24, 2.45) is 0 Å². The van der Waals surface area contributed by atoms with E-state index in [-0.39, 0.29) is 5.82 Å². The fourth-order valence-electron chi connectivity index (χ4n) is 1.66. The highest BCUT2D eigenvalue weighted by Gasteiger charge is 2.06. The molecule has 17 heavy (non-hydrogen) atoms. The highest BCUT2D eigenvalue weighted by molar-refractivity contribution is 6.33. The molecule has 0 radical (unpaired) electrons. The maximum atomic E-state index is 12.9. The van der Waals surface area contributed by atoms with Gasteiger partial charge in [-0.2, -0.15) is 0 Å². The number of rotatable bonds is 2. The molecule has 2 aromatic carbocycles. The van der Waals surface area contributed by atoms with E-state index in [1.807, 2.05) is 24.3 Å². The van der Waals surface area contributed by atoms with Gasteiger partial charge in [-0.3, -0.25) is 0 Å². The number of halogens is 2. The molecule has 2 aromatic rings. The van der Waals surface area contributed by atoms with Crippen molar-refractivity contribution < 1.29 is 9.50 Å². The maximum Gasteiger partial charge on any atom is 0.124 e. The summed E-state index contributed by atoms with van der Waals surface area (Å²) < 4.78 is 12.9. The Morgan fingerprint density at radius 3 is 2.29 bits per heavy atom. The first-order valence-electron chi connectivity index (χ1n) is 5.31. The van der Waals surface area contributed by atoms with Crippen molar-refractivity contribution in [2.45, 2.75) is 13.0 Å². The molecule has 1 atom stereocenters. The van der Waals surface area contributed by atoms with E-state index in [2.05, 4.69) is 0 Å². The van der Waals surface area contributed by atoms with Gasteiger partial charge >= 0.3 is 0 Å². The molecule has 0 aliphatic carbocycles. The van der Waals surface area contributed by atoms with E-state index in [0.29, 0.717) is 5.02 Å². The first kappa shape index (κ1) is 12.1. The Morgan fingerprint density at radius 2 is 1.76 bits per heavy atom. The Hall–Kier alpha value is -1.38. The lowest BCUT2D eigenvalue weighted by molar-refractivity contribution is 0.199. The van der Waals surface area contributed by atoms with Gasteiger partial charge in [0.2, 0.25) is 0 Å². The molecule has 1 unspecified atom stereocenters. The Labute approximate surface area is 104 Å². The van der Waals surface area contributed by atoms with Crippen LogP contribution in [0.5, 0.6) is 0 Å². The van der Waals surface area contributed by atoms with Gasteiger partial charge in [0.25, 0.3) is 0 Å². The van der Waals surface area contributed by atoms with E-state index in [1.54, 1.807) is 13.0 Å². The monoisotopic (exact) mass is 250 g/mol. The van der Waals surface area contributed by atoms with Crippen molar-refractivity contribution in [1.29, 1.82) is 0 Å². The van der Waals surface area contributed by atoms with Crippen molar-refractivity contribution >= 4 is 11.6 Å². The number of hydrogen-bond donors (Lipinski definition) is 1. The summed E-state index contributed by atoms with van der Waals surface area (Å²) in [7, 11) is 0. The van der Waals surface area contributed by atoms with Crippen LogP contribution in [0.15, 0.2) is 42.5 Å². The van der Waals surface area contributed by atoms with Crippen LogP contribution < -0.4 is 0 Å². The summed E-state index contributed by atoms with van der Waals surface area (Å²) in [5, 5.41) is 9.78. The molecule has 0 aliphatic rings. The number of benzene rings is 2. The van der Waals surface area contributed by atoms with Crippen molar-refractivity contribution in [1.82, 2.24) is 0 Å². The molecule has 0 aromatic heterocycles. The third-order valence-corrected chi connectivity index (χ3v) is 2.95. The van der Waals surface area contributed by atoms with Gasteiger partial charge in [0, 0.05) is 5.56 Å². The fraction of sp³-hybridized carbons (Fsp3) is 0.143. The van der Waals surface area contributed by atoms with Crippen LogP contribution in [0.4, 0.5) is 4.39 Å². The predicted molar refractivity (Wildman–Crippen MR) is 67.5 cm³/mol. The van der Waals surface area contributed by atoms with Gasteiger partial charge in [-0.25, -0.2) is 4.39 Å². The van der Waals surface area contributed by atoms with E-state index in [9.17, 15) is 9.50 Å². The molecule has 0 saturated heterocycles. The van der Waals surface area contributed by atoms with Crippen LogP contribution >= 0.6 is 11.6 Å². The second-order valence-corrected chi connectivity index (χ2v) is 4.33. The lowest BCUT2D eigenvalue weighted by Gasteiger charge is -2.08. The van der Waals surface area contributed by atoms with Gasteiger partial charge in [0.1, 0.15) is 5.82 Å². The molecule has 88 valence electrons. The summed E-state index contributed by atoms with van der Waals surface area (Å²) in [4.78, 5) is 0. The second kappa shape index (κ2) is 4.86. The van der Waals surface area contributed by atoms with Gasteiger partial charge in [-0.15, -0.1) is 0 Å². The standard InChI is InChI=1S/C14H12ClFO/c1-9(17)10-2-4-11(5-3-10)13-7-6-12(16)8-14(13)15/h2-9,17H,1H3. The Bertz CT molecular complexity index is 520. The van der Waals surface area contributed by atoms with Crippen LogP contribution in [0, 0.1) is 5.82 Å². The minimum absolute atomic E-state index is 0.348. The third-order valence-electron chi connectivity index (χ3n) is 2.64. The molecule has 0 heterocycles. The van der Waals surface area contributed by atoms with Crippen LogP contribution in [0.3, 0.4) is 0 Å². The minimum Gasteiger partial charge on any atom is -0.389 e. The van der Waals surface area contributed by atoms with Gasteiger partial charge in [-0.1, -0.05) is 35.9 Å². The van der Waals surface area contributed by atoms with Crippen LogP contribution in [-0.2, 0) is 0 Å². The smallest absolute Gasteiger partial charge is 0.124 e. The predicted octanol–water partition coefficient (Wildman–Crippen LogP) is 4.20. The largest absolute Gasteiger partial charge is 0.389 e. The molecule has 0 saturated carbocycles. The topological polar surface area (TPSA) is 20.2 Å². The van der Waals surface area contributed by atoms with Crippen molar-refractivity contribution in [3.8, 4) is 11.1 Å². The third kappa shape index (κ3) is 2.65. The lowest BCUT2D eigenvalue weighted by atomic mass is 10.0. The zero-order valence-corrected chi connectivity index (χ0v) is 10.1. The molecular weight excluding hydrogens is 239 g/mol. The molecule has 2 rings (SSSR count). The molecular formula is C14H12ClFO. The van der Waals surface area contributed by atoms with Crippen molar-refractivity contribution in [3.63, 3.8) is 0 Å². The Balaban J connectivity index is 2.40. The maximum absolute atomic E-state index is 12.9. The summed E-state index contributed by atoms with van der Waals surface area (Å²) >= 11 is 5.98. The molecule has 0 spiro atoms. The van der Waals surface area contributed by atoms with Crippen molar-refractivity contribution in [2.75, 3.05) is 0 Å². The summed E-state index contributed by atoms with van der Waals surface area (Å²) in [6.07, 6.45) is -0.493. The Kier molecular flexibility index (Phi) is 3.46. The molecule has 1 N–H and O–H groups in total. The zero-order chi connectivity index (χ0) is 12.4. The summed E-state index contributed by atoms with van der Waals surface area (Å²) in [5.41, 5.74) is 2.52. The van der Waals surface area contributed by atoms with Gasteiger partial charge < -0.3 is 5.11 Å². The normalized spacial score (nSPS) is 12.5. The van der Waals surface area contributed by atoms with Crippen LogP contribution in [0.25, 0.3) is 11.1 Å². The van der Waals surface area contributed by atoms with E-state index < -0.39 is 6.10 Å². The molecule has 0 aliphatic heterocycles. The highest BCUT2D eigenvalue weighted by atomic mass is 35.5.